The van der Waals surface area contributed by atoms with E-state index in [0.717, 1.165) is 13.8 Å². The Labute approximate surface area is 141 Å². The number of ether oxygens (including phenoxy) is 2. The van der Waals surface area contributed by atoms with Gasteiger partial charge in [-0.3, -0.25) is 10.0 Å². The first-order valence-corrected chi connectivity index (χ1v) is 7.42. The van der Waals surface area contributed by atoms with E-state index in [4.69, 9.17) is 9.47 Å². The average molecular weight is 337 g/mol. The molecular formula is C17H23NO6. The molecule has 1 unspecified atom stereocenters. The molecule has 0 saturated carbocycles. The highest BCUT2D eigenvalue weighted by atomic mass is 16.6. The molecule has 7 nitrogen and oxygen atoms in total. The van der Waals surface area contributed by atoms with Crippen LogP contribution in [-0.4, -0.2) is 39.3 Å². The van der Waals surface area contributed by atoms with E-state index in [-0.39, 0.29) is 11.7 Å². The van der Waals surface area contributed by atoms with Crippen LogP contribution in [0.1, 0.15) is 40.2 Å². The lowest BCUT2D eigenvalue weighted by molar-refractivity contribution is -0.192. The van der Waals surface area contributed by atoms with Crippen LogP contribution < -0.4 is 0 Å². The Morgan fingerprint density at radius 2 is 1.62 bits per heavy atom. The third-order valence-electron chi connectivity index (χ3n) is 3.29. The zero-order valence-corrected chi connectivity index (χ0v) is 14.5. The second kappa shape index (κ2) is 7.44. The van der Waals surface area contributed by atoms with Crippen LogP contribution in [0.25, 0.3) is 0 Å². The number of nitrogens with zero attached hydrogens (tertiary/aromatic N) is 1. The van der Waals surface area contributed by atoms with E-state index in [0.29, 0.717) is 5.56 Å². The molecule has 0 aliphatic heterocycles. The predicted molar refractivity (Wildman–Crippen MR) is 85.2 cm³/mol. The fourth-order valence-electron chi connectivity index (χ4n) is 1.73. The maximum atomic E-state index is 12.3. The summed E-state index contributed by atoms with van der Waals surface area (Å²) < 4.78 is 10.1. The molecule has 0 fully saturated rings. The number of carbonyl (C=O) groups is 3. The van der Waals surface area contributed by atoms with Gasteiger partial charge in [0, 0.05) is 0 Å². The Kier molecular flexibility index (Phi) is 6.09. The van der Waals surface area contributed by atoms with E-state index in [1.807, 2.05) is 6.07 Å². The summed E-state index contributed by atoms with van der Waals surface area (Å²) in [5, 5.41) is 10.1. The van der Waals surface area contributed by atoms with Crippen LogP contribution in [0, 0.1) is 0 Å². The van der Waals surface area contributed by atoms with Crippen molar-refractivity contribution in [1.29, 1.82) is 0 Å². The molecule has 1 N–H and O–H groups in total. The van der Waals surface area contributed by atoms with Crippen molar-refractivity contribution in [1.82, 2.24) is 5.06 Å². The fraction of sp³-hybridized carbons (Fsp3) is 0.471. The van der Waals surface area contributed by atoms with Crippen LogP contribution in [0.15, 0.2) is 30.3 Å². The van der Waals surface area contributed by atoms with Crippen molar-refractivity contribution in [2.75, 3.05) is 0 Å². The Morgan fingerprint density at radius 3 is 2.08 bits per heavy atom. The molecule has 132 valence electrons. The minimum atomic E-state index is -2.20. The lowest BCUT2D eigenvalue weighted by atomic mass is 9.97. The third kappa shape index (κ3) is 4.79. The van der Waals surface area contributed by atoms with Crippen LogP contribution in [0.4, 0.5) is 4.79 Å². The van der Waals surface area contributed by atoms with Gasteiger partial charge in [0.1, 0.15) is 12.2 Å². The second-order valence-electron chi connectivity index (χ2n) is 6.48. The van der Waals surface area contributed by atoms with Gasteiger partial charge in [-0.15, -0.1) is 0 Å². The second-order valence-corrected chi connectivity index (χ2v) is 6.48. The van der Waals surface area contributed by atoms with Gasteiger partial charge in [0.05, 0.1) is 0 Å². The van der Waals surface area contributed by atoms with Crippen molar-refractivity contribution >= 4 is 17.8 Å². The summed E-state index contributed by atoms with van der Waals surface area (Å²) in [5.74, 6) is -1.80. The predicted octanol–water partition coefficient (Wildman–Crippen LogP) is 2.70. The van der Waals surface area contributed by atoms with Gasteiger partial charge in [-0.2, -0.15) is 5.06 Å². The Balaban J connectivity index is 2.91. The molecule has 0 aliphatic rings. The van der Waals surface area contributed by atoms with E-state index in [9.17, 15) is 19.6 Å². The maximum Gasteiger partial charge on any atom is 0.435 e. The first-order valence-electron chi connectivity index (χ1n) is 7.42. The van der Waals surface area contributed by atoms with Crippen LogP contribution >= 0.6 is 0 Å². The highest BCUT2D eigenvalue weighted by Gasteiger charge is 2.49. The summed E-state index contributed by atoms with van der Waals surface area (Å²) in [6.07, 6.45) is -1.21. The number of hydroxylamine groups is 2. The van der Waals surface area contributed by atoms with Crippen LogP contribution in [0.5, 0.6) is 0 Å². The van der Waals surface area contributed by atoms with Crippen molar-refractivity contribution in [2.24, 2.45) is 0 Å². The summed E-state index contributed by atoms with van der Waals surface area (Å²) in [6.45, 7) is 6.88. The molecule has 0 radical (unpaired) electrons. The standard InChI is InChI=1S/C17H23NO6/c1-12(19)17(5,18(22)15(21)24-16(2,3)4)14(20)23-11-13-9-7-6-8-10-13/h6-10,22H,11H2,1-5H3. The van der Waals surface area contributed by atoms with Crippen LogP contribution in [0.3, 0.4) is 0 Å². The molecule has 0 heterocycles. The van der Waals surface area contributed by atoms with Gasteiger partial charge in [-0.25, -0.2) is 9.59 Å². The first-order chi connectivity index (χ1) is 11.0. The lowest BCUT2D eigenvalue weighted by Crippen LogP contribution is -2.59. The van der Waals surface area contributed by atoms with Gasteiger partial charge in [0.15, 0.2) is 5.78 Å². The first kappa shape index (κ1) is 19.6. The lowest BCUT2D eigenvalue weighted by Gasteiger charge is -2.33. The van der Waals surface area contributed by atoms with E-state index < -0.39 is 29.0 Å². The Morgan fingerprint density at radius 1 is 1.08 bits per heavy atom. The van der Waals surface area contributed by atoms with Crippen molar-refractivity contribution in [3.8, 4) is 0 Å². The van der Waals surface area contributed by atoms with Gasteiger partial charge < -0.3 is 9.47 Å². The van der Waals surface area contributed by atoms with Crippen molar-refractivity contribution in [3.63, 3.8) is 0 Å². The number of hydrogen-bond acceptors (Lipinski definition) is 6. The molecule has 0 aromatic heterocycles. The molecule has 1 aromatic carbocycles. The minimum Gasteiger partial charge on any atom is -0.459 e. The quantitative estimate of drug-likeness (QED) is 0.384. The smallest absolute Gasteiger partial charge is 0.435 e. The molecule has 1 aromatic rings. The highest BCUT2D eigenvalue weighted by Crippen LogP contribution is 2.21. The SMILES string of the molecule is CC(=O)C(C)(C(=O)OCc1ccccc1)N(O)C(=O)OC(C)(C)C. The van der Waals surface area contributed by atoms with Crippen LogP contribution in [-0.2, 0) is 25.7 Å². The molecule has 1 atom stereocenters. The summed E-state index contributed by atoms with van der Waals surface area (Å²) in [5.41, 5.74) is -2.39. The summed E-state index contributed by atoms with van der Waals surface area (Å²) in [4.78, 5) is 36.2. The minimum absolute atomic E-state index is 0.0199. The number of Topliss-reactive ketones (excluding diaryl/α,β-unsaturated/α-hetero) is 1. The zero-order chi connectivity index (χ0) is 18.5. The fourth-order valence-corrected chi connectivity index (χ4v) is 1.73. The molecular weight excluding hydrogens is 314 g/mol. The molecule has 0 spiro atoms. The van der Waals surface area contributed by atoms with Crippen molar-refractivity contribution in [2.45, 2.75) is 52.4 Å². The van der Waals surface area contributed by atoms with Crippen molar-refractivity contribution < 1.29 is 29.1 Å². The summed E-state index contributed by atoms with van der Waals surface area (Å²) >= 11 is 0. The van der Waals surface area contributed by atoms with E-state index >= 15 is 0 Å². The summed E-state index contributed by atoms with van der Waals surface area (Å²) in [6, 6.07) is 8.83. The largest absolute Gasteiger partial charge is 0.459 e. The number of ketones is 1. The topological polar surface area (TPSA) is 93.1 Å². The van der Waals surface area contributed by atoms with Gasteiger partial charge >= 0.3 is 12.1 Å². The summed E-state index contributed by atoms with van der Waals surface area (Å²) in [7, 11) is 0. The Bertz CT molecular complexity index is 607. The number of benzene rings is 1. The van der Waals surface area contributed by atoms with E-state index in [1.165, 1.54) is 0 Å². The van der Waals surface area contributed by atoms with Crippen LogP contribution in [0.2, 0.25) is 0 Å². The number of amides is 1. The molecule has 0 aliphatic carbocycles. The maximum absolute atomic E-state index is 12.3. The highest BCUT2D eigenvalue weighted by molar-refractivity contribution is 6.08. The zero-order valence-electron chi connectivity index (χ0n) is 14.5. The molecule has 0 saturated heterocycles. The Hall–Kier alpha value is -2.41. The van der Waals surface area contributed by atoms with Gasteiger partial charge in [0.2, 0.25) is 5.54 Å². The molecule has 1 amide bonds. The average Bonchev–Trinajstić information content (AvgIpc) is 2.50. The number of carbonyl (C=O) groups excluding carboxylic acids is 3. The number of hydrogen-bond donors (Lipinski definition) is 1. The van der Waals surface area contributed by atoms with E-state index in [2.05, 4.69) is 0 Å². The van der Waals surface area contributed by atoms with Gasteiger partial charge in [-0.05, 0) is 40.2 Å². The van der Waals surface area contributed by atoms with E-state index in [1.54, 1.807) is 45.0 Å². The van der Waals surface area contributed by atoms with Crippen molar-refractivity contribution in [3.05, 3.63) is 35.9 Å². The third-order valence-corrected chi connectivity index (χ3v) is 3.29. The number of esters is 1. The monoisotopic (exact) mass is 337 g/mol. The molecule has 1 rings (SSSR count). The molecule has 24 heavy (non-hydrogen) atoms. The molecule has 0 bridgehead atoms. The number of rotatable bonds is 5. The van der Waals surface area contributed by atoms with Gasteiger partial charge in [-0.1, -0.05) is 30.3 Å². The van der Waals surface area contributed by atoms with Gasteiger partial charge in [0.25, 0.3) is 0 Å². The molecule has 7 heteroatoms. The normalized spacial score (nSPS) is 13.6.